The Morgan fingerprint density at radius 3 is 1.71 bits per heavy atom. The molecule has 2 aromatic rings. The van der Waals surface area contributed by atoms with E-state index in [-0.39, 0.29) is 10.8 Å². The molecule has 1 aromatic carbocycles. The molecule has 1 aromatic heterocycles. The third-order valence-electron chi connectivity index (χ3n) is 7.54. The lowest BCUT2D eigenvalue weighted by molar-refractivity contribution is -0.698. The van der Waals surface area contributed by atoms with E-state index in [1.165, 1.54) is 50.5 Å². The lowest BCUT2D eigenvalue weighted by atomic mass is 9.58. The van der Waals surface area contributed by atoms with Gasteiger partial charge in [0.2, 0.25) is 11.4 Å². The molecule has 3 rings (SSSR count). The lowest BCUT2D eigenvalue weighted by Crippen LogP contribution is -2.59. The Balaban J connectivity index is 2.66. The molecule has 1 aliphatic rings. The minimum atomic E-state index is 0.0645. The highest BCUT2D eigenvalue weighted by molar-refractivity contribution is 5.60. The number of benzene rings is 1. The summed E-state index contributed by atoms with van der Waals surface area (Å²) in [5.41, 5.74) is 13.1. The van der Waals surface area contributed by atoms with Crippen LogP contribution in [0.5, 0.6) is 0 Å². The summed E-state index contributed by atoms with van der Waals surface area (Å²) in [6.45, 7) is 23.4. The van der Waals surface area contributed by atoms with Crippen molar-refractivity contribution in [2.75, 3.05) is 0 Å². The standard InChI is InChI=1S/C22H33N2/c1-12-13(2)15(4)19-18(14(12)3)21(7,8)22(9,10)20-16(5)17(6)23(11)24(19)20/h1-11H3/q+1. The van der Waals surface area contributed by atoms with Crippen LogP contribution in [0.3, 0.4) is 0 Å². The Morgan fingerprint density at radius 2 is 1.17 bits per heavy atom. The Hall–Kier alpha value is -1.57. The highest BCUT2D eigenvalue weighted by Crippen LogP contribution is 2.51. The van der Waals surface area contributed by atoms with E-state index in [9.17, 15) is 0 Å². The van der Waals surface area contributed by atoms with Gasteiger partial charge in [-0.15, -0.1) is 0 Å². The maximum absolute atomic E-state index is 2.50. The third kappa shape index (κ3) is 1.70. The van der Waals surface area contributed by atoms with Gasteiger partial charge in [0, 0.05) is 22.1 Å². The van der Waals surface area contributed by atoms with Crippen LogP contribution in [0, 0.1) is 41.5 Å². The van der Waals surface area contributed by atoms with Gasteiger partial charge in [-0.25, -0.2) is 0 Å². The number of fused-ring (bicyclic) bond motifs is 3. The van der Waals surface area contributed by atoms with E-state index in [1.807, 2.05) is 0 Å². The first-order valence-electron chi connectivity index (χ1n) is 9.07. The molecule has 0 spiro atoms. The molecule has 0 amide bonds. The van der Waals surface area contributed by atoms with Gasteiger partial charge >= 0.3 is 0 Å². The van der Waals surface area contributed by atoms with Crippen molar-refractivity contribution in [3.8, 4) is 5.69 Å². The summed E-state index contributed by atoms with van der Waals surface area (Å²) in [5.74, 6) is 0. The first-order chi connectivity index (χ1) is 10.9. The molecule has 0 saturated carbocycles. The largest absolute Gasteiger partial charge is 0.243 e. The number of hydrogen-bond acceptors (Lipinski definition) is 0. The fourth-order valence-electron chi connectivity index (χ4n) is 4.80. The van der Waals surface area contributed by atoms with Crippen LogP contribution in [0.25, 0.3) is 5.69 Å². The van der Waals surface area contributed by atoms with Gasteiger partial charge < -0.3 is 0 Å². The van der Waals surface area contributed by atoms with Crippen LogP contribution in [0.4, 0.5) is 0 Å². The molecular weight excluding hydrogens is 292 g/mol. The summed E-state index contributed by atoms with van der Waals surface area (Å²) < 4.78 is 4.85. The Labute approximate surface area is 147 Å². The van der Waals surface area contributed by atoms with E-state index >= 15 is 0 Å². The second-order valence-corrected chi connectivity index (χ2v) is 8.87. The topological polar surface area (TPSA) is 8.81 Å². The fraction of sp³-hybridized carbons (Fsp3) is 0.591. The molecule has 24 heavy (non-hydrogen) atoms. The lowest BCUT2D eigenvalue weighted by Gasteiger charge is -2.44. The van der Waals surface area contributed by atoms with Gasteiger partial charge in [0.25, 0.3) is 0 Å². The van der Waals surface area contributed by atoms with Crippen molar-refractivity contribution in [3.63, 3.8) is 0 Å². The van der Waals surface area contributed by atoms with Crippen LogP contribution in [0.1, 0.15) is 72.5 Å². The van der Waals surface area contributed by atoms with Gasteiger partial charge in [-0.3, -0.25) is 0 Å². The van der Waals surface area contributed by atoms with Gasteiger partial charge in [0.1, 0.15) is 0 Å². The molecule has 0 aliphatic carbocycles. The molecule has 2 heterocycles. The minimum absolute atomic E-state index is 0.0645. The molecule has 0 bridgehead atoms. The van der Waals surface area contributed by atoms with Crippen LogP contribution in [0.15, 0.2) is 0 Å². The summed E-state index contributed by atoms with van der Waals surface area (Å²) in [4.78, 5) is 0. The highest BCUT2D eigenvalue weighted by atomic mass is 15.4. The van der Waals surface area contributed by atoms with Crippen LogP contribution in [-0.4, -0.2) is 4.68 Å². The summed E-state index contributed by atoms with van der Waals surface area (Å²) in [6, 6.07) is 0. The predicted molar refractivity (Wildman–Crippen MR) is 101 cm³/mol. The van der Waals surface area contributed by atoms with Gasteiger partial charge in [-0.1, -0.05) is 18.5 Å². The number of aromatic nitrogens is 2. The van der Waals surface area contributed by atoms with Crippen LogP contribution in [0.2, 0.25) is 0 Å². The summed E-state index contributed by atoms with van der Waals surface area (Å²) in [5, 5.41) is 0. The molecule has 0 unspecified atom stereocenters. The normalized spacial score (nSPS) is 17.6. The monoisotopic (exact) mass is 325 g/mol. The van der Waals surface area contributed by atoms with Crippen molar-refractivity contribution in [1.82, 2.24) is 4.68 Å². The molecule has 1 aliphatic heterocycles. The molecule has 2 heteroatoms. The average Bonchev–Trinajstić information content (AvgIpc) is 2.72. The van der Waals surface area contributed by atoms with Crippen LogP contribution >= 0.6 is 0 Å². The van der Waals surface area contributed by atoms with E-state index in [0.717, 1.165) is 0 Å². The zero-order valence-corrected chi connectivity index (χ0v) is 17.4. The molecule has 0 atom stereocenters. The molecule has 0 N–H and O–H groups in total. The van der Waals surface area contributed by atoms with Crippen LogP contribution in [-0.2, 0) is 17.9 Å². The molecule has 0 fully saturated rings. The van der Waals surface area contributed by atoms with Crippen molar-refractivity contribution in [3.05, 3.63) is 44.8 Å². The van der Waals surface area contributed by atoms with E-state index in [1.54, 1.807) is 0 Å². The average molecular weight is 326 g/mol. The zero-order chi connectivity index (χ0) is 18.4. The predicted octanol–water partition coefficient (Wildman–Crippen LogP) is 4.72. The zero-order valence-electron chi connectivity index (χ0n) is 17.4. The van der Waals surface area contributed by atoms with Crippen molar-refractivity contribution < 1.29 is 4.68 Å². The third-order valence-corrected chi connectivity index (χ3v) is 7.54. The maximum Gasteiger partial charge on any atom is 0.243 e. The Kier molecular flexibility index (Phi) is 3.41. The van der Waals surface area contributed by atoms with Gasteiger partial charge in [0.15, 0.2) is 0 Å². The summed E-state index contributed by atoms with van der Waals surface area (Å²) in [7, 11) is 2.20. The first kappa shape index (κ1) is 17.3. The Bertz CT molecular complexity index is 877. The van der Waals surface area contributed by atoms with Crippen molar-refractivity contribution in [2.24, 2.45) is 7.05 Å². The van der Waals surface area contributed by atoms with E-state index in [0.29, 0.717) is 0 Å². The quantitative estimate of drug-likeness (QED) is 0.620. The Morgan fingerprint density at radius 1 is 0.667 bits per heavy atom. The van der Waals surface area contributed by atoms with Crippen molar-refractivity contribution >= 4 is 0 Å². The number of hydrogen-bond donors (Lipinski definition) is 0. The molecular formula is C22H33N2+. The molecule has 0 saturated heterocycles. The smallest absolute Gasteiger partial charge is 0.155 e. The van der Waals surface area contributed by atoms with E-state index in [2.05, 4.69) is 85.6 Å². The SMILES string of the molecule is Cc1c(C)c(C)c2c(c1C)-[n+]1c(c(C)c(C)n1C)C(C)(C)C2(C)C. The second kappa shape index (κ2) is 4.74. The van der Waals surface area contributed by atoms with E-state index < -0.39 is 0 Å². The number of rotatable bonds is 0. The molecule has 0 radical (unpaired) electrons. The van der Waals surface area contributed by atoms with Crippen LogP contribution < -0.4 is 4.68 Å². The summed E-state index contributed by atoms with van der Waals surface area (Å²) >= 11 is 0. The van der Waals surface area contributed by atoms with Gasteiger partial charge in [-0.05, 0) is 72.1 Å². The van der Waals surface area contributed by atoms with Crippen molar-refractivity contribution in [1.29, 1.82) is 0 Å². The minimum Gasteiger partial charge on any atom is -0.155 e. The van der Waals surface area contributed by atoms with E-state index in [4.69, 9.17) is 0 Å². The number of nitrogens with zero attached hydrogens (tertiary/aromatic N) is 2. The molecule has 2 nitrogen and oxygen atoms in total. The summed E-state index contributed by atoms with van der Waals surface area (Å²) in [6.07, 6.45) is 0. The molecule has 130 valence electrons. The van der Waals surface area contributed by atoms with Gasteiger partial charge in [0.05, 0.1) is 18.2 Å². The maximum atomic E-state index is 2.50. The highest BCUT2D eigenvalue weighted by Gasteiger charge is 2.56. The fourth-order valence-corrected chi connectivity index (χ4v) is 4.80. The first-order valence-corrected chi connectivity index (χ1v) is 9.07. The van der Waals surface area contributed by atoms with Gasteiger partial charge in [-0.2, -0.15) is 4.68 Å². The second-order valence-electron chi connectivity index (χ2n) is 8.87. The van der Waals surface area contributed by atoms with Crippen molar-refractivity contribution in [2.45, 2.75) is 80.1 Å².